The van der Waals surface area contributed by atoms with Crippen LogP contribution in [0.5, 0.6) is 0 Å². The van der Waals surface area contributed by atoms with Crippen molar-refractivity contribution in [2.75, 3.05) is 39.8 Å². The van der Waals surface area contributed by atoms with E-state index in [4.69, 9.17) is 0 Å². The number of hydrogen-bond acceptors (Lipinski definition) is 3. The van der Waals surface area contributed by atoms with Gasteiger partial charge in [-0.1, -0.05) is 26.8 Å². The molecule has 0 aliphatic carbocycles. The molecular weight excluding hydrogens is 395 g/mol. The number of likely N-dealkylation sites (N-methyl/N-ethyl adjacent to an activating group) is 1. The van der Waals surface area contributed by atoms with Crippen LogP contribution in [0.4, 0.5) is 0 Å². The summed E-state index contributed by atoms with van der Waals surface area (Å²) in [6.45, 7) is 11.7. The van der Waals surface area contributed by atoms with Gasteiger partial charge in [0.1, 0.15) is 0 Å². The Morgan fingerprint density at radius 2 is 2.05 bits per heavy atom. The lowest BCUT2D eigenvalue weighted by Gasteiger charge is -2.20. The molecule has 0 fully saturated rings. The summed E-state index contributed by atoms with van der Waals surface area (Å²) in [5.74, 6) is 1.40. The minimum Gasteiger partial charge on any atom is -0.356 e. The fourth-order valence-electron chi connectivity index (χ4n) is 2.01. The standard InChI is InChI=1S/C15H28N4S.HI/c1-5-19(6-2)10-9-17-15(16-4)18-12-13(3)14-8-7-11-20-14;/h7-8,11,13H,5-6,9-10,12H2,1-4H3,(H2,16,17,18);1H. The van der Waals surface area contributed by atoms with Crippen molar-refractivity contribution in [3.8, 4) is 0 Å². The highest BCUT2D eigenvalue weighted by molar-refractivity contribution is 14.0. The third-order valence-electron chi connectivity index (χ3n) is 3.44. The molecule has 1 aromatic rings. The maximum atomic E-state index is 4.27. The van der Waals surface area contributed by atoms with Crippen molar-refractivity contribution >= 4 is 41.3 Å². The van der Waals surface area contributed by atoms with Gasteiger partial charge in [0.15, 0.2) is 5.96 Å². The van der Waals surface area contributed by atoms with Crippen molar-refractivity contribution in [1.29, 1.82) is 0 Å². The number of hydrogen-bond donors (Lipinski definition) is 2. The van der Waals surface area contributed by atoms with Crippen LogP contribution in [0, 0.1) is 0 Å². The van der Waals surface area contributed by atoms with Crippen molar-refractivity contribution in [2.45, 2.75) is 26.7 Å². The molecule has 0 aliphatic rings. The molecule has 122 valence electrons. The number of rotatable bonds is 8. The first-order valence-electron chi connectivity index (χ1n) is 7.41. The van der Waals surface area contributed by atoms with Gasteiger partial charge < -0.3 is 15.5 Å². The number of aliphatic imine (C=N–C) groups is 1. The van der Waals surface area contributed by atoms with E-state index in [1.165, 1.54) is 4.88 Å². The fraction of sp³-hybridized carbons (Fsp3) is 0.667. The Balaban J connectivity index is 0.00000400. The lowest BCUT2D eigenvalue weighted by molar-refractivity contribution is 0.308. The number of nitrogens with zero attached hydrogens (tertiary/aromatic N) is 2. The maximum absolute atomic E-state index is 4.27. The molecule has 6 heteroatoms. The Morgan fingerprint density at radius 3 is 2.57 bits per heavy atom. The summed E-state index contributed by atoms with van der Waals surface area (Å²) in [6, 6.07) is 4.29. The highest BCUT2D eigenvalue weighted by Gasteiger charge is 2.07. The molecule has 1 rings (SSSR count). The van der Waals surface area contributed by atoms with E-state index in [1.54, 1.807) is 0 Å². The van der Waals surface area contributed by atoms with Gasteiger partial charge in [-0.2, -0.15) is 0 Å². The van der Waals surface area contributed by atoms with Gasteiger partial charge in [-0.3, -0.25) is 4.99 Å². The summed E-state index contributed by atoms with van der Waals surface area (Å²) in [6.07, 6.45) is 0. The zero-order valence-corrected chi connectivity index (χ0v) is 16.7. The van der Waals surface area contributed by atoms with Crippen LogP contribution in [0.15, 0.2) is 22.5 Å². The van der Waals surface area contributed by atoms with Gasteiger partial charge in [0.25, 0.3) is 0 Å². The van der Waals surface area contributed by atoms with Crippen LogP contribution in [0.2, 0.25) is 0 Å². The third-order valence-corrected chi connectivity index (χ3v) is 4.55. The highest BCUT2D eigenvalue weighted by atomic mass is 127. The maximum Gasteiger partial charge on any atom is 0.191 e. The first-order valence-corrected chi connectivity index (χ1v) is 8.29. The molecule has 0 saturated heterocycles. The van der Waals surface area contributed by atoms with Crippen LogP contribution < -0.4 is 10.6 Å². The summed E-state index contributed by atoms with van der Waals surface area (Å²) in [5, 5.41) is 8.89. The van der Waals surface area contributed by atoms with Crippen molar-refractivity contribution < 1.29 is 0 Å². The molecule has 1 atom stereocenters. The van der Waals surface area contributed by atoms with Gasteiger partial charge in [0, 0.05) is 37.5 Å². The molecule has 1 unspecified atom stereocenters. The molecule has 2 N–H and O–H groups in total. The van der Waals surface area contributed by atoms with E-state index in [2.05, 4.69) is 58.8 Å². The van der Waals surface area contributed by atoms with Crippen LogP contribution in [0.25, 0.3) is 0 Å². The minimum absolute atomic E-state index is 0. The van der Waals surface area contributed by atoms with Crippen molar-refractivity contribution in [2.24, 2.45) is 4.99 Å². The summed E-state index contributed by atoms with van der Waals surface area (Å²) in [7, 11) is 1.82. The zero-order valence-electron chi connectivity index (χ0n) is 13.6. The fourth-order valence-corrected chi connectivity index (χ4v) is 2.80. The van der Waals surface area contributed by atoms with Crippen LogP contribution in [0.1, 0.15) is 31.6 Å². The van der Waals surface area contributed by atoms with Crippen molar-refractivity contribution in [1.82, 2.24) is 15.5 Å². The Labute approximate surface area is 150 Å². The van der Waals surface area contributed by atoms with Gasteiger partial charge in [-0.25, -0.2) is 0 Å². The second-order valence-corrected chi connectivity index (χ2v) is 5.80. The predicted octanol–water partition coefficient (Wildman–Crippen LogP) is 2.98. The molecule has 0 saturated carbocycles. The molecule has 0 radical (unpaired) electrons. The van der Waals surface area contributed by atoms with Crippen LogP contribution in [-0.4, -0.2) is 50.6 Å². The lowest BCUT2D eigenvalue weighted by Crippen LogP contribution is -2.42. The Kier molecular flexibility index (Phi) is 12.0. The van der Waals surface area contributed by atoms with Gasteiger partial charge in [-0.15, -0.1) is 35.3 Å². The number of nitrogens with one attached hydrogen (secondary N) is 2. The lowest BCUT2D eigenvalue weighted by atomic mass is 10.1. The predicted molar refractivity (Wildman–Crippen MR) is 105 cm³/mol. The second-order valence-electron chi connectivity index (χ2n) is 4.82. The van der Waals surface area contributed by atoms with E-state index < -0.39 is 0 Å². The largest absolute Gasteiger partial charge is 0.356 e. The van der Waals surface area contributed by atoms with E-state index in [0.29, 0.717) is 5.92 Å². The van der Waals surface area contributed by atoms with E-state index in [9.17, 15) is 0 Å². The Morgan fingerprint density at radius 1 is 1.33 bits per heavy atom. The average Bonchev–Trinajstić information content (AvgIpc) is 3.00. The monoisotopic (exact) mass is 424 g/mol. The zero-order chi connectivity index (χ0) is 14.8. The van der Waals surface area contributed by atoms with Gasteiger partial charge in [0.2, 0.25) is 0 Å². The molecule has 4 nitrogen and oxygen atoms in total. The molecule has 0 aromatic carbocycles. The number of thiophene rings is 1. The third kappa shape index (κ3) is 8.01. The van der Waals surface area contributed by atoms with Crippen molar-refractivity contribution in [3.05, 3.63) is 22.4 Å². The molecule has 0 bridgehead atoms. The van der Waals surface area contributed by atoms with Gasteiger partial charge in [-0.05, 0) is 24.5 Å². The van der Waals surface area contributed by atoms with E-state index in [-0.39, 0.29) is 24.0 Å². The summed E-state index contributed by atoms with van der Waals surface area (Å²) < 4.78 is 0. The topological polar surface area (TPSA) is 39.7 Å². The molecule has 21 heavy (non-hydrogen) atoms. The normalized spacial score (nSPS) is 12.9. The van der Waals surface area contributed by atoms with Crippen LogP contribution >= 0.6 is 35.3 Å². The van der Waals surface area contributed by atoms with Crippen LogP contribution in [-0.2, 0) is 0 Å². The molecule has 0 amide bonds. The van der Waals surface area contributed by atoms with Crippen molar-refractivity contribution in [3.63, 3.8) is 0 Å². The smallest absolute Gasteiger partial charge is 0.191 e. The number of guanidine groups is 1. The first kappa shape index (κ1) is 20.7. The summed E-state index contributed by atoms with van der Waals surface area (Å²) in [5.41, 5.74) is 0. The number of halogens is 1. The van der Waals surface area contributed by atoms with E-state index in [1.807, 2.05) is 18.4 Å². The molecule has 0 spiro atoms. The second kappa shape index (κ2) is 12.2. The SMILES string of the molecule is CCN(CC)CCNC(=NC)NCC(C)c1cccs1.I. The van der Waals surface area contributed by atoms with E-state index >= 15 is 0 Å². The highest BCUT2D eigenvalue weighted by Crippen LogP contribution is 2.19. The quantitative estimate of drug-likeness (QED) is 0.383. The Hall–Kier alpha value is -0.340. The molecule has 1 aromatic heterocycles. The van der Waals surface area contributed by atoms with Gasteiger partial charge >= 0.3 is 0 Å². The summed E-state index contributed by atoms with van der Waals surface area (Å²) in [4.78, 5) is 8.08. The minimum atomic E-state index is 0. The molecule has 1 heterocycles. The average molecular weight is 424 g/mol. The first-order chi connectivity index (χ1) is 9.71. The molecule has 0 aliphatic heterocycles. The summed E-state index contributed by atoms with van der Waals surface area (Å²) >= 11 is 1.81. The van der Waals surface area contributed by atoms with Gasteiger partial charge in [0.05, 0.1) is 0 Å². The Bertz CT molecular complexity index is 377. The van der Waals surface area contributed by atoms with E-state index in [0.717, 1.165) is 38.7 Å². The molecular formula is C15H29IN4S. The van der Waals surface area contributed by atoms with Crippen LogP contribution in [0.3, 0.4) is 0 Å².